The molecule has 2 atom stereocenters. The number of carbonyl (C=O) groups is 1. The Kier molecular flexibility index (Phi) is 7.66. The first-order valence-electron chi connectivity index (χ1n) is 12.6. The van der Waals surface area contributed by atoms with Gasteiger partial charge in [0, 0.05) is 22.9 Å². The lowest BCUT2D eigenvalue weighted by atomic mass is 9.57. The number of nitrogens with zero attached hydrogens (tertiary/aromatic N) is 2. The van der Waals surface area contributed by atoms with Crippen molar-refractivity contribution in [3.63, 3.8) is 0 Å². The van der Waals surface area contributed by atoms with Gasteiger partial charge in [-0.2, -0.15) is 0 Å². The SMILES string of the molecule is CC1CC2CC(C1)CC(C)(c1cccc(NC(=O)CCSc3nnc(-c4ccc(Cl)cc4Cl)o3)c1)C2. The molecule has 8 heteroatoms. The average molecular weight is 545 g/mol. The molecular weight excluding hydrogens is 513 g/mol. The highest BCUT2D eigenvalue weighted by Gasteiger charge is 2.41. The summed E-state index contributed by atoms with van der Waals surface area (Å²) in [5.41, 5.74) is 3.03. The van der Waals surface area contributed by atoms with E-state index in [9.17, 15) is 4.79 Å². The van der Waals surface area contributed by atoms with Crippen LogP contribution in [0.1, 0.15) is 57.9 Å². The molecule has 0 aliphatic heterocycles. The van der Waals surface area contributed by atoms with E-state index in [1.807, 2.05) is 6.07 Å². The summed E-state index contributed by atoms with van der Waals surface area (Å²) < 4.78 is 5.70. The normalized spacial score (nSPS) is 25.5. The summed E-state index contributed by atoms with van der Waals surface area (Å²) >= 11 is 13.5. The second-order valence-corrected chi connectivity index (χ2v) is 12.6. The summed E-state index contributed by atoms with van der Waals surface area (Å²) in [6.07, 6.45) is 6.93. The monoisotopic (exact) mass is 543 g/mol. The molecule has 0 radical (unpaired) electrons. The maximum absolute atomic E-state index is 12.6. The number of hydrogen-bond donors (Lipinski definition) is 1. The fourth-order valence-electron chi connectivity index (χ4n) is 6.29. The molecule has 3 aromatic rings. The van der Waals surface area contributed by atoms with E-state index in [-0.39, 0.29) is 11.3 Å². The zero-order valence-electron chi connectivity index (χ0n) is 20.6. The number of nitrogens with one attached hydrogen (secondary N) is 1. The summed E-state index contributed by atoms with van der Waals surface area (Å²) in [7, 11) is 0. The molecule has 1 N–H and O–H groups in total. The van der Waals surface area contributed by atoms with Gasteiger partial charge in [0.2, 0.25) is 11.8 Å². The molecule has 2 aliphatic rings. The van der Waals surface area contributed by atoms with Crippen molar-refractivity contribution in [1.29, 1.82) is 0 Å². The first-order chi connectivity index (χ1) is 17.3. The van der Waals surface area contributed by atoms with Crippen LogP contribution in [0.4, 0.5) is 5.69 Å². The Morgan fingerprint density at radius 3 is 2.64 bits per heavy atom. The fraction of sp³-hybridized carbons (Fsp3) is 0.464. The Hall–Kier alpha value is -2.02. The highest BCUT2D eigenvalue weighted by molar-refractivity contribution is 7.99. The number of anilines is 1. The Balaban J connectivity index is 1.15. The van der Waals surface area contributed by atoms with Gasteiger partial charge in [-0.05, 0) is 91.2 Å². The number of carbonyl (C=O) groups excluding carboxylic acids is 1. The number of rotatable bonds is 7. The van der Waals surface area contributed by atoms with E-state index in [4.69, 9.17) is 27.6 Å². The molecule has 2 saturated carbocycles. The number of fused-ring (bicyclic) bond motifs is 2. The fourth-order valence-corrected chi connectivity index (χ4v) is 7.48. The van der Waals surface area contributed by atoms with Gasteiger partial charge in [-0.3, -0.25) is 4.79 Å². The molecule has 1 aromatic heterocycles. The summed E-state index contributed by atoms with van der Waals surface area (Å²) in [5, 5.41) is 12.6. The van der Waals surface area contributed by atoms with Crippen molar-refractivity contribution in [1.82, 2.24) is 10.2 Å². The molecule has 2 bridgehead atoms. The van der Waals surface area contributed by atoms with Crippen LogP contribution in [0.25, 0.3) is 11.5 Å². The summed E-state index contributed by atoms with van der Waals surface area (Å²) in [6, 6.07) is 13.6. The van der Waals surface area contributed by atoms with Crippen LogP contribution in [-0.2, 0) is 10.2 Å². The average Bonchev–Trinajstić information content (AvgIpc) is 3.27. The van der Waals surface area contributed by atoms with E-state index >= 15 is 0 Å². The molecule has 0 spiro atoms. The van der Waals surface area contributed by atoms with E-state index in [0.717, 1.165) is 23.4 Å². The second-order valence-electron chi connectivity index (χ2n) is 10.7. The maximum Gasteiger partial charge on any atom is 0.276 e. The second kappa shape index (κ2) is 10.8. The van der Waals surface area contributed by atoms with Crippen LogP contribution in [0.3, 0.4) is 0 Å². The van der Waals surface area contributed by atoms with Crippen molar-refractivity contribution >= 4 is 46.6 Å². The Labute approximate surface area is 226 Å². The predicted molar refractivity (Wildman–Crippen MR) is 147 cm³/mol. The molecule has 1 heterocycles. The standard InChI is InChI=1S/C28H31Cl2N3O2S/c1-17-10-18-12-19(11-17)16-28(2,15-18)20-4-3-5-22(13-20)31-25(34)8-9-36-27-33-32-26(35-27)23-7-6-21(29)14-24(23)30/h3-7,13-14,17-19H,8-12,15-16H2,1-2H3,(H,31,34). The number of amides is 1. The lowest BCUT2D eigenvalue weighted by molar-refractivity contribution is -0.115. The third-order valence-corrected chi connectivity index (χ3v) is 8.95. The minimum Gasteiger partial charge on any atom is -0.411 e. The molecule has 190 valence electrons. The van der Waals surface area contributed by atoms with E-state index < -0.39 is 0 Å². The smallest absolute Gasteiger partial charge is 0.276 e. The van der Waals surface area contributed by atoms with Gasteiger partial charge in [-0.25, -0.2) is 0 Å². The van der Waals surface area contributed by atoms with Gasteiger partial charge in [0.1, 0.15) is 0 Å². The highest BCUT2D eigenvalue weighted by atomic mass is 35.5. The van der Waals surface area contributed by atoms with Crippen molar-refractivity contribution in [3.05, 3.63) is 58.1 Å². The minimum absolute atomic E-state index is 0.0281. The molecule has 2 aromatic carbocycles. The first kappa shape index (κ1) is 25.6. The van der Waals surface area contributed by atoms with Crippen LogP contribution in [0, 0.1) is 17.8 Å². The van der Waals surface area contributed by atoms with Gasteiger partial charge >= 0.3 is 0 Å². The van der Waals surface area contributed by atoms with E-state index in [1.165, 1.54) is 49.4 Å². The van der Waals surface area contributed by atoms with Crippen molar-refractivity contribution in [2.75, 3.05) is 11.1 Å². The lowest BCUT2D eigenvalue weighted by Gasteiger charge is -2.47. The molecular formula is C28H31Cl2N3O2S. The highest BCUT2D eigenvalue weighted by Crippen LogP contribution is 2.51. The third kappa shape index (κ3) is 5.92. The van der Waals surface area contributed by atoms with Gasteiger partial charge in [0.15, 0.2) is 0 Å². The van der Waals surface area contributed by atoms with E-state index in [1.54, 1.807) is 18.2 Å². The quantitative estimate of drug-likeness (QED) is 0.303. The van der Waals surface area contributed by atoms with Crippen molar-refractivity contribution in [2.45, 2.75) is 63.0 Å². The Morgan fingerprint density at radius 2 is 1.89 bits per heavy atom. The van der Waals surface area contributed by atoms with Gasteiger partial charge in [-0.1, -0.05) is 60.9 Å². The minimum atomic E-state index is -0.0281. The summed E-state index contributed by atoms with van der Waals surface area (Å²) in [4.78, 5) is 12.6. The molecule has 1 amide bonds. The van der Waals surface area contributed by atoms with Crippen molar-refractivity contribution < 1.29 is 9.21 Å². The van der Waals surface area contributed by atoms with Gasteiger partial charge in [-0.15, -0.1) is 10.2 Å². The van der Waals surface area contributed by atoms with E-state index in [2.05, 4.69) is 47.6 Å². The third-order valence-electron chi connectivity index (χ3n) is 7.58. The van der Waals surface area contributed by atoms with Crippen LogP contribution >= 0.6 is 35.0 Å². The summed E-state index contributed by atoms with van der Waals surface area (Å²) in [5.74, 6) is 3.34. The number of halogens is 2. The number of benzene rings is 2. The molecule has 2 fully saturated rings. The maximum atomic E-state index is 12.6. The zero-order valence-corrected chi connectivity index (χ0v) is 22.9. The number of aromatic nitrogens is 2. The van der Waals surface area contributed by atoms with Crippen molar-refractivity contribution in [2.24, 2.45) is 17.8 Å². The van der Waals surface area contributed by atoms with Crippen LogP contribution in [0.15, 0.2) is 52.1 Å². The Morgan fingerprint density at radius 1 is 1.11 bits per heavy atom. The van der Waals surface area contributed by atoms with Crippen LogP contribution < -0.4 is 5.32 Å². The van der Waals surface area contributed by atoms with E-state index in [0.29, 0.717) is 38.9 Å². The number of hydrogen-bond acceptors (Lipinski definition) is 5. The molecule has 2 unspecified atom stereocenters. The topological polar surface area (TPSA) is 68.0 Å². The molecule has 5 nitrogen and oxygen atoms in total. The molecule has 0 saturated heterocycles. The lowest BCUT2D eigenvalue weighted by Crippen LogP contribution is -2.38. The summed E-state index contributed by atoms with van der Waals surface area (Å²) in [6.45, 7) is 4.82. The molecule has 5 rings (SSSR count). The van der Waals surface area contributed by atoms with Gasteiger partial charge in [0.25, 0.3) is 5.22 Å². The Bertz CT molecular complexity index is 1230. The van der Waals surface area contributed by atoms with Crippen LogP contribution in [0.2, 0.25) is 10.0 Å². The molecule has 2 aliphatic carbocycles. The number of thioether (sulfide) groups is 1. The molecule has 36 heavy (non-hydrogen) atoms. The van der Waals surface area contributed by atoms with Crippen LogP contribution in [-0.4, -0.2) is 21.9 Å². The largest absolute Gasteiger partial charge is 0.411 e. The van der Waals surface area contributed by atoms with Gasteiger partial charge < -0.3 is 9.73 Å². The zero-order chi connectivity index (χ0) is 25.3. The predicted octanol–water partition coefficient (Wildman–Crippen LogP) is 8.27. The first-order valence-corrected chi connectivity index (χ1v) is 14.3. The van der Waals surface area contributed by atoms with Crippen LogP contribution in [0.5, 0.6) is 0 Å². The van der Waals surface area contributed by atoms with Gasteiger partial charge in [0.05, 0.1) is 10.6 Å². The van der Waals surface area contributed by atoms with Crippen molar-refractivity contribution in [3.8, 4) is 11.5 Å².